The highest BCUT2D eigenvalue weighted by atomic mass is 16.5. The molecular formula is C21H28N4O2+2. The van der Waals surface area contributed by atoms with Crippen molar-refractivity contribution in [2.75, 3.05) is 26.2 Å². The number of aromatic nitrogens is 2. The number of aryl methyl sites for hydroxylation is 2. The number of carbonyl (C=O) groups is 1. The molecule has 3 N–H and O–H groups in total. The molecule has 142 valence electrons. The number of Topliss-reactive ketones (excluding diaryl/α,β-unsaturated/α-hetero) is 1. The summed E-state index contributed by atoms with van der Waals surface area (Å²) in [4.78, 5) is 19.5. The quantitative estimate of drug-likeness (QED) is 0.569. The van der Waals surface area contributed by atoms with Gasteiger partial charge in [0.05, 0.1) is 5.56 Å². The highest BCUT2D eigenvalue weighted by molar-refractivity contribution is 6.10. The van der Waals surface area contributed by atoms with E-state index in [2.05, 4.69) is 17.1 Å². The second-order valence-corrected chi connectivity index (χ2v) is 7.77. The van der Waals surface area contributed by atoms with Crippen LogP contribution in [0.1, 0.15) is 34.4 Å². The average Bonchev–Trinajstić information content (AvgIpc) is 3.23. The molecule has 4 rings (SSSR count). The average molecular weight is 368 g/mol. The van der Waals surface area contributed by atoms with Crippen LogP contribution in [0.2, 0.25) is 0 Å². The number of benzene rings is 1. The van der Waals surface area contributed by atoms with Crippen LogP contribution in [0.3, 0.4) is 0 Å². The SMILES string of the molecule is Cc1cc(C[NH+]2CC[NH+]([C@@H](C)C(=O)c3c(C)[nH]c4ccccc34)CC2)no1. The van der Waals surface area contributed by atoms with Gasteiger partial charge in [0.1, 0.15) is 50.2 Å². The molecule has 1 aliphatic rings. The van der Waals surface area contributed by atoms with Crippen LogP contribution in [0.4, 0.5) is 0 Å². The zero-order chi connectivity index (χ0) is 19.0. The van der Waals surface area contributed by atoms with Gasteiger partial charge in [-0.15, -0.1) is 0 Å². The number of quaternary nitrogens is 2. The topological polar surface area (TPSA) is 67.8 Å². The van der Waals surface area contributed by atoms with Crippen LogP contribution in [0.25, 0.3) is 10.9 Å². The Morgan fingerprint density at radius 2 is 1.96 bits per heavy atom. The molecule has 1 saturated heterocycles. The minimum Gasteiger partial charge on any atom is -0.361 e. The summed E-state index contributed by atoms with van der Waals surface area (Å²) in [5.41, 5.74) is 3.89. The maximum absolute atomic E-state index is 13.2. The lowest BCUT2D eigenvalue weighted by Crippen LogP contribution is -3.29. The van der Waals surface area contributed by atoms with Crippen molar-refractivity contribution in [1.82, 2.24) is 10.1 Å². The fourth-order valence-corrected chi connectivity index (χ4v) is 4.29. The second kappa shape index (κ2) is 7.29. The Balaban J connectivity index is 1.42. The molecule has 0 saturated carbocycles. The first-order valence-corrected chi connectivity index (χ1v) is 9.75. The normalized spacial score (nSPS) is 21.4. The van der Waals surface area contributed by atoms with Crippen molar-refractivity contribution in [2.24, 2.45) is 0 Å². The van der Waals surface area contributed by atoms with Gasteiger partial charge in [-0.25, -0.2) is 0 Å². The molecule has 27 heavy (non-hydrogen) atoms. The summed E-state index contributed by atoms with van der Waals surface area (Å²) < 4.78 is 5.17. The first kappa shape index (κ1) is 17.9. The van der Waals surface area contributed by atoms with Crippen molar-refractivity contribution in [3.63, 3.8) is 0 Å². The molecular weight excluding hydrogens is 340 g/mol. The summed E-state index contributed by atoms with van der Waals surface area (Å²) in [6.07, 6.45) is 0. The van der Waals surface area contributed by atoms with E-state index in [1.54, 1.807) is 0 Å². The molecule has 0 aliphatic carbocycles. The molecule has 0 radical (unpaired) electrons. The van der Waals surface area contributed by atoms with Gasteiger partial charge in [0.2, 0.25) is 5.78 Å². The molecule has 1 atom stereocenters. The maximum Gasteiger partial charge on any atom is 0.222 e. The monoisotopic (exact) mass is 368 g/mol. The zero-order valence-electron chi connectivity index (χ0n) is 16.3. The Kier molecular flexibility index (Phi) is 4.85. The third kappa shape index (κ3) is 3.55. The van der Waals surface area contributed by atoms with E-state index in [1.165, 1.54) is 9.80 Å². The predicted molar refractivity (Wildman–Crippen MR) is 103 cm³/mol. The summed E-state index contributed by atoms with van der Waals surface area (Å²) >= 11 is 0. The van der Waals surface area contributed by atoms with Crippen LogP contribution >= 0.6 is 0 Å². The van der Waals surface area contributed by atoms with Gasteiger partial charge >= 0.3 is 0 Å². The Labute approximate surface area is 159 Å². The molecule has 1 aliphatic heterocycles. The molecule has 0 amide bonds. The number of rotatable bonds is 5. The highest BCUT2D eigenvalue weighted by Gasteiger charge is 2.33. The smallest absolute Gasteiger partial charge is 0.222 e. The first-order chi connectivity index (χ1) is 13.0. The number of hydrogen-bond donors (Lipinski definition) is 3. The molecule has 0 spiro atoms. The van der Waals surface area contributed by atoms with Gasteiger partial charge in [-0.05, 0) is 26.8 Å². The van der Waals surface area contributed by atoms with Gasteiger partial charge in [-0.3, -0.25) is 4.79 Å². The number of hydrogen-bond acceptors (Lipinski definition) is 3. The Hall–Kier alpha value is -2.44. The van der Waals surface area contributed by atoms with Crippen LogP contribution in [0.15, 0.2) is 34.9 Å². The van der Waals surface area contributed by atoms with Crippen molar-refractivity contribution in [1.29, 1.82) is 0 Å². The van der Waals surface area contributed by atoms with E-state index >= 15 is 0 Å². The van der Waals surface area contributed by atoms with Gasteiger partial charge in [0.25, 0.3) is 0 Å². The van der Waals surface area contributed by atoms with Gasteiger partial charge in [-0.1, -0.05) is 23.4 Å². The molecule has 0 bridgehead atoms. The number of ketones is 1. The van der Waals surface area contributed by atoms with Gasteiger partial charge in [-0.2, -0.15) is 0 Å². The van der Waals surface area contributed by atoms with Crippen LogP contribution in [0, 0.1) is 13.8 Å². The zero-order valence-corrected chi connectivity index (χ0v) is 16.3. The third-order valence-electron chi connectivity index (χ3n) is 5.85. The van der Waals surface area contributed by atoms with Gasteiger partial charge in [0.15, 0.2) is 0 Å². The molecule has 3 aromatic rings. The van der Waals surface area contributed by atoms with Crippen molar-refractivity contribution in [3.8, 4) is 0 Å². The lowest BCUT2D eigenvalue weighted by atomic mass is 10.0. The number of H-pyrrole nitrogens is 1. The molecule has 6 heteroatoms. The fraction of sp³-hybridized carbons (Fsp3) is 0.429. The van der Waals surface area contributed by atoms with E-state index < -0.39 is 0 Å². The number of para-hydroxylation sites is 1. The van der Waals surface area contributed by atoms with E-state index in [1.807, 2.05) is 44.2 Å². The van der Waals surface area contributed by atoms with Crippen LogP contribution in [-0.4, -0.2) is 48.1 Å². The summed E-state index contributed by atoms with van der Waals surface area (Å²) in [6, 6.07) is 10.1. The summed E-state index contributed by atoms with van der Waals surface area (Å²) in [5.74, 6) is 1.11. The maximum atomic E-state index is 13.2. The second-order valence-electron chi connectivity index (χ2n) is 7.77. The van der Waals surface area contributed by atoms with E-state index in [0.717, 1.165) is 66.3 Å². The Morgan fingerprint density at radius 1 is 1.22 bits per heavy atom. The Bertz CT molecular complexity index is 950. The standard InChI is InChI=1S/C21H26N4O2/c1-14-12-17(23-27-14)13-24-8-10-25(11-9-24)16(3)21(26)20-15(2)22-19-7-5-4-6-18(19)20/h4-7,12,16,22H,8-11,13H2,1-3H3/p+2/t16-/m0/s1. The molecule has 1 aromatic carbocycles. The molecule has 0 unspecified atom stereocenters. The van der Waals surface area contributed by atoms with Crippen molar-refractivity contribution >= 4 is 16.7 Å². The van der Waals surface area contributed by atoms with E-state index in [9.17, 15) is 4.79 Å². The molecule has 3 heterocycles. The fourth-order valence-electron chi connectivity index (χ4n) is 4.29. The lowest BCUT2D eigenvalue weighted by Gasteiger charge is -2.32. The number of nitrogens with one attached hydrogen (secondary N) is 3. The number of nitrogens with zero attached hydrogens (tertiary/aromatic N) is 1. The molecule has 2 aromatic heterocycles. The van der Waals surface area contributed by atoms with E-state index in [-0.39, 0.29) is 11.8 Å². The Morgan fingerprint density at radius 3 is 2.67 bits per heavy atom. The number of piperazine rings is 1. The molecule has 6 nitrogen and oxygen atoms in total. The predicted octanol–water partition coefficient (Wildman–Crippen LogP) is 0.328. The summed E-state index contributed by atoms with van der Waals surface area (Å²) in [5, 5.41) is 5.14. The largest absolute Gasteiger partial charge is 0.361 e. The van der Waals surface area contributed by atoms with Crippen LogP contribution in [-0.2, 0) is 6.54 Å². The number of aromatic amines is 1. The third-order valence-corrected chi connectivity index (χ3v) is 5.85. The van der Waals surface area contributed by atoms with Crippen LogP contribution < -0.4 is 9.80 Å². The van der Waals surface area contributed by atoms with Gasteiger partial charge in [0, 0.05) is 22.7 Å². The van der Waals surface area contributed by atoms with Crippen LogP contribution in [0.5, 0.6) is 0 Å². The van der Waals surface area contributed by atoms with Gasteiger partial charge < -0.3 is 19.3 Å². The molecule has 1 fully saturated rings. The highest BCUT2D eigenvalue weighted by Crippen LogP contribution is 2.22. The minimum atomic E-state index is -0.0289. The van der Waals surface area contributed by atoms with E-state index in [4.69, 9.17) is 4.52 Å². The van der Waals surface area contributed by atoms with Crippen molar-refractivity contribution < 1.29 is 19.1 Å². The van der Waals surface area contributed by atoms with Crippen molar-refractivity contribution in [3.05, 3.63) is 53.0 Å². The lowest BCUT2D eigenvalue weighted by molar-refractivity contribution is -1.02. The van der Waals surface area contributed by atoms with E-state index in [0.29, 0.717) is 0 Å². The first-order valence-electron chi connectivity index (χ1n) is 9.75. The minimum absolute atomic E-state index is 0.0289. The number of fused-ring (bicyclic) bond motifs is 1. The summed E-state index contributed by atoms with van der Waals surface area (Å²) in [7, 11) is 0. The number of carbonyl (C=O) groups excluding carboxylic acids is 1. The summed E-state index contributed by atoms with van der Waals surface area (Å²) in [6.45, 7) is 11.0. The van der Waals surface area contributed by atoms with Crippen molar-refractivity contribution in [2.45, 2.75) is 33.4 Å².